The number of nitrogens with two attached hydrogens (primary N) is 1. The molecule has 28 heavy (non-hydrogen) atoms. The SMILES string of the molecule is COC[C@@H](N)C(=O)N[C@@H](CCOc1ccc(F)cc1)B1OC(C)(C)C(C)(C)O1. The molecule has 1 aliphatic rings. The topological polar surface area (TPSA) is 92.0 Å². The van der Waals surface area contributed by atoms with Gasteiger partial charge in [0.05, 0.1) is 30.4 Å². The summed E-state index contributed by atoms with van der Waals surface area (Å²) in [6.07, 6.45) is 0.416. The Labute approximate surface area is 166 Å². The van der Waals surface area contributed by atoms with E-state index in [1.165, 1.54) is 19.2 Å². The fourth-order valence-electron chi connectivity index (χ4n) is 2.71. The lowest BCUT2D eigenvalue weighted by atomic mass is 9.76. The van der Waals surface area contributed by atoms with Crippen molar-refractivity contribution in [1.82, 2.24) is 5.32 Å². The smallest absolute Gasteiger partial charge is 0.481 e. The van der Waals surface area contributed by atoms with E-state index in [0.717, 1.165) is 0 Å². The lowest BCUT2D eigenvalue weighted by Gasteiger charge is -2.32. The van der Waals surface area contributed by atoms with Gasteiger partial charge in [-0.15, -0.1) is 0 Å². The fraction of sp³-hybridized carbons (Fsp3) is 0.632. The first kappa shape index (κ1) is 22.6. The van der Waals surface area contributed by atoms with Crippen LogP contribution in [0.4, 0.5) is 4.39 Å². The molecule has 0 saturated carbocycles. The average molecular weight is 396 g/mol. The van der Waals surface area contributed by atoms with Gasteiger partial charge in [-0.1, -0.05) is 0 Å². The van der Waals surface area contributed by atoms with Crippen molar-refractivity contribution in [2.75, 3.05) is 20.3 Å². The zero-order chi connectivity index (χ0) is 20.9. The van der Waals surface area contributed by atoms with E-state index < -0.39 is 30.3 Å². The molecule has 1 saturated heterocycles. The number of nitrogens with one attached hydrogen (secondary N) is 1. The van der Waals surface area contributed by atoms with E-state index in [0.29, 0.717) is 12.2 Å². The summed E-state index contributed by atoms with van der Waals surface area (Å²) in [5.74, 6) is -0.626. The van der Waals surface area contributed by atoms with Crippen LogP contribution < -0.4 is 15.8 Å². The molecule has 7 nitrogen and oxygen atoms in total. The summed E-state index contributed by atoms with van der Waals surface area (Å²) in [4.78, 5) is 12.4. The van der Waals surface area contributed by atoms with Gasteiger partial charge >= 0.3 is 7.12 Å². The monoisotopic (exact) mass is 396 g/mol. The molecule has 0 unspecified atom stereocenters. The van der Waals surface area contributed by atoms with Crippen molar-refractivity contribution >= 4 is 13.0 Å². The predicted molar refractivity (Wildman–Crippen MR) is 104 cm³/mol. The Morgan fingerprint density at radius 2 is 1.79 bits per heavy atom. The lowest BCUT2D eigenvalue weighted by molar-refractivity contribution is -0.123. The molecule has 2 atom stereocenters. The number of amides is 1. The van der Waals surface area contributed by atoms with Crippen LogP contribution in [0, 0.1) is 5.82 Å². The Bertz CT molecular complexity index is 640. The number of benzene rings is 1. The highest BCUT2D eigenvalue weighted by Gasteiger charge is 2.54. The van der Waals surface area contributed by atoms with Crippen LogP contribution in [-0.4, -0.2) is 56.5 Å². The summed E-state index contributed by atoms with van der Waals surface area (Å²) in [6.45, 7) is 8.15. The number of rotatable bonds is 9. The molecule has 156 valence electrons. The minimum Gasteiger partial charge on any atom is -0.494 e. The second-order valence-corrected chi connectivity index (χ2v) is 7.89. The first-order valence-electron chi connectivity index (χ1n) is 9.34. The molecule has 9 heteroatoms. The number of carbonyl (C=O) groups is 1. The summed E-state index contributed by atoms with van der Waals surface area (Å²) in [6, 6.07) is 4.95. The second kappa shape index (κ2) is 9.22. The Morgan fingerprint density at radius 3 is 2.32 bits per heavy atom. The van der Waals surface area contributed by atoms with E-state index in [9.17, 15) is 9.18 Å². The van der Waals surface area contributed by atoms with Crippen LogP contribution in [0.5, 0.6) is 5.75 Å². The van der Waals surface area contributed by atoms with Crippen molar-refractivity contribution in [1.29, 1.82) is 0 Å². The van der Waals surface area contributed by atoms with Gasteiger partial charge < -0.3 is 29.8 Å². The summed E-state index contributed by atoms with van der Waals surface area (Å²) < 4.78 is 35.8. The summed E-state index contributed by atoms with van der Waals surface area (Å²) >= 11 is 0. The zero-order valence-corrected chi connectivity index (χ0v) is 17.2. The molecule has 0 aromatic heterocycles. The molecule has 0 aliphatic carbocycles. The molecule has 2 rings (SSSR count). The number of ether oxygens (including phenoxy) is 2. The number of methoxy groups -OCH3 is 1. The van der Waals surface area contributed by atoms with Crippen LogP contribution in [0.3, 0.4) is 0 Å². The lowest BCUT2D eigenvalue weighted by Crippen LogP contribution is -2.54. The van der Waals surface area contributed by atoms with Gasteiger partial charge in [-0.2, -0.15) is 0 Å². The molecule has 0 radical (unpaired) electrons. The van der Waals surface area contributed by atoms with E-state index in [2.05, 4.69) is 5.32 Å². The largest absolute Gasteiger partial charge is 0.494 e. The maximum atomic E-state index is 13.0. The van der Waals surface area contributed by atoms with Gasteiger partial charge in [0.1, 0.15) is 17.6 Å². The third-order valence-electron chi connectivity index (χ3n) is 5.12. The summed E-state index contributed by atoms with van der Waals surface area (Å²) in [7, 11) is 0.829. The Hall–Kier alpha value is -1.68. The zero-order valence-electron chi connectivity index (χ0n) is 17.2. The molecule has 1 amide bonds. The fourth-order valence-corrected chi connectivity index (χ4v) is 2.71. The highest BCUT2D eigenvalue weighted by molar-refractivity contribution is 6.48. The highest BCUT2D eigenvalue weighted by Crippen LogP contribution is 2.37. The van der Waals surface area contributed by atoms with E-state index in [4.69, 9.17) is 24.5 Å². The van der Waals surface area contributed by atoms with Crippen LogP contribution in [-0.2, 0) is 18.8 Å². The van der Waals surface area contributed by atoms with Gasteiger partial charge in [0.25, 0.3) is 0 Å². The van der Waals surface area contributed by atoms with Crippen molar-refractivity contribution in [2.45, 2.75) is 57.3 Å². The quantitative estimate of drug-likeness (QED) is 0.618. The van der Waals surface area contributed by atoms with Gasteiger partial charge in [-0.3, -0.25) is 4.79 Å². The third-order valence-corrected chi connectivity index (χ3v) is 5.12. The van der Waals surface area contributed by atoms with Crippen molar-refractivity contribution in [3.8, 4) is 5.75 Å². The third kappa shape index (κ3) is 5.67. The second-order valence-electron chi connectivity index (χ2n) is 7.89. The van der Waals surface area contributed by atoms with Gasteiger partial charge in [0, 0.05) is 13.5 Å². The molecule has 3 N–H and O–H groups in total. The van der Waals surface area contributed by atoms with E-state index in [-0.39, 0.29) is 24.9 Å². The Balaban J connectivity index is 2.03. The number of hydrogen-bond donors (Lipinski definition) is 2. The molecule has 1 fully saturated rings. The van der Waals surface area contributed by atoms with Gasteiger partial charge in [0.15, 0.2) is 0 Å². The highest BCUT2D eigenvalue weighted by atomic mass is 19.1. The standard InChI is InChI=1S/C19H30BFN2O5/c1-18(2)19(3,4)28-20(27-18)16(23-17(24)15(22)12-25-5)10-11-26-14-8-6-13(21)7-9-14/h6-9,15-16H,10-12,22H2,1-5H3,(H,23,24)/t15-,16+/m1/s1. The van der Waals surface area contributed by atoms with E-state index in [1.807, 2.05) is 27.7 Å². The molecule has 1 aliphatic heterocycles. The number of carbonyl (C=O) groups excluding carboxylic acids is 1. The Morgan fingerprint density at radius 1 is 1.21 bits per heavy atom. The van der Waals surface area contributed by atoms with Crippen LogP contribution in [0.25, 0.3) is 0 Å². The maximum Gasteiger partial charge on any atom is 0.481 e. The molecule has 1 aromatic carbocycles. The molecular formula is C19H30BFN2O5. The summed E-state index contributed by atoms with van der Waals surface area (Å²) in [5.41, 5.74) is 4.76. The van der Waals surface area contributed by atoms with Gasteiger partial charge in [0.2, 0.25) is 5.91 Å². The number of hydrogen-bond acceptors (Lipinski definition) is 6. The van der Waals surface area contributed by atoms with Crippen molar-refractivity contribution in [3.63, 3.8) is 0 Å². The minimum atomic E-state index is -0.798. The van der Waals surface area contributed by atoms with Crippen LogP contribution in [0.2, 0.25) is 0 Å². The first-order chi connectivity index (χ1) is 13.1. The average Bonchev–Trinajstić information content (AvgIpc) is 2.83. The van der Waals surface area contributed by atoms with Crippen molar-refractivity contribution < 1.29 is 28.0 Å². The summed E-state index contributed by atoms with van der Waals surface area (Å²) in [5, 5.41) is 2.88. The first-order valence-corrected chi connectivity index (χ1v) is 9.34. The van der Waals surface area contributed by atoms with E-state index in [1.54, 1.807) is 12.1 Å². The van der Waals surface area contributed by atoms with E-state index >= 15 is 0 Å². The number of halogens is 1. The van der Waals surface area contributed by atoms with Crippen LogP contribution in [0.15, 0.2) is 24.3 Å². The van der Waals surface area contributed by atoms with Crippen molar-refractivity contribution in [3.05, 3.63) is 30.1 Å². The van der Waals surface area contributed by atoms with Gasteiger partial charge in [-0.25, -0.2) is 4.39 Å². The molecule has 0 bridgehead atoms. The molecular weight excluding hydrogens is 366 g/mol. The minimum absolute atomic E-state index is 0.105. The maximum absolute atomic E-state index is 13.0. The van der Waals surface area contributed by atoms with Crippen molar-refractivity contribution in [2.24, 2.45) is 5.73 Å². The Kier molecular flexibility index (Phi) is 7.44. The van der Waals surface area contributed by atoms with Gasteiger partial charge in [-0.05, 0) is 52.0 Å². The molecule has 1 aromatic rings. The normalized spacial score (nSPS) is 19.9. The van der Waals surface area contributed by atoms with Crippen LogP contribution in [0.1, 0.15) is 34.1 Å². The molecule has 0 spiro atoms. The van der Waals surface area contributed by atoms with Crippen LogP contribution >= 0.6 is 0 Å². The molecule has 1 heterocycles. The predicted octanol–water partition coefficient (Wildman–Crippen LogP) is 1.68.